The lowest BCUT2D eigenvalue weighted by atomic mass is 10.1. The van der Waals surface area contributed by atoms with E-state index in [0.29, 0.717) is 0 Å². The quantitative estimate of drug-likeness (QED) is 0.520. The number of nitriles is 1. The normalized spacial score (nSPS) is 16.4. The highest BCUT2D eigenvalue weighted by molar-refractivity contribution is 6.69. The molecule has 4 nitrogen and oxygen atoms in total. The molecule has 82 valence electrons. The summed E-state index contributed by atoms with van der Waals surface area (Å²) in [4.78, 5) is 0. The summed E-state index contributed by atoms with van der Waals surface area (Å²) in [5, 5.41) is 9.07. The van der Waals surface area contributed by atoms with Gasteiger partial charge in [0.2, 0.25) is 0 Å². The minimum atomic E-state index is -1.79. The lowest BCUT2D eigenvalue weighted by Gasteiger charge is -2.34. The fourth-order valence-corrected chi connectivity index (χ4v) is 2.72. The van der Waals surface area contributed by atoms with Crippen molar-refractivity contribution in [3.8, 4) is 6.07 Å². The van der Waals surface area contributed by atoms with E-state index in [1.807, 2.05) is 19.6 Å². The molecule has 0 saturated heterocycles. The predicted octanol–water partition coefficient (Wildman–Crippen LogP) is 1.74. The van der Waals surface area contributed by atoms with Crippen molar-refractivity contribution in [1.82, 2.24) is 0 Å². The van der Waals surface area contributed by atoms with E-state index in [1.165, 1.54) is 14.2 Å². The summed E-state index contributed by atoms with van der Waals surface area (Å²) in [5.41, 5.74) is -1.03. The van der Waals surface area contributed by atoms with Crippen LogP contribution in [-0.4, -0.2) is 34.4 Å². The van der Waals surface area contributed by atoms with Gasteiger partial charge in [0.1, 0.15) is 6.07 Å². The van der Waals surface area contributed by atoms with Crippen molar-refractivity contribution in [2.24, 2.45) is 0 Å². The van der Waals surface area contributed by atoms with Crippen molar-refractivity contribution in [3.63, 3.8) is 0 Å². The van der Waals surface area contributed by atoms with E-state index in [2.05, 4.69) is 6.07 Å². The number of methoxy groups -OCH3 is 2. The summed E-state index contributed by atoms with van der Waals surface area (Å²) in [6.45, 7) is 7.74. The second kappa shape index (κ2) is 4.89. The average molecular weight is 217 g/mol. The molecule has 0 rings (SSSR count). The summed E-state index contributed by atoms with van der Waals surface area (Å²) < 4.78 is 15.9. The van der Waals surface area contributed by atoms with Gasteiger partial charge in [0.15, 0.2) is 20.2 Å². The van der Waals surface area contributed by atoms with Gasteiger partial charge in [-0.15, -0.1) is 0 Å². The highest BCUT2D eigenvalue weighted by atomic mass is 28.4. The number of ether oxygens (including phenoxy) is 2. The van der Waals surface area contributed by atoms with Crippen LogP contribution in [0.5, 0.6) is 0 Å². The molecule has 0 radical (unpaired) electrons. The van der Waals surface area contributed by atoms with Crippen LogP contribution in [0.3, 0.4) is 0 Å². The van der Waals surface area contributed by atoms with Gasteiger partial charge in [0.05, 0.1) is 0 Å². The fourth-order valence-electron chi connectivity index (χ4n) is 1.31. The van der Waals surface area contributed by atoms with Crippen molar-refractivity contribution in [3.05, 3.63) is 0 Å². The average Bonchev–Trinajstić information content (AvgIpc) is 2.03. The predicted molar refractivity (Wildman–Crippen MR) is 56.3 cm³/mol. The number of rotatable bonds is 5. The SMILES string of the molecule is COC(OC)[C@@](C)(C#N)O[Si](C)(C)C. The van der Waals surface area contributed by atoms with Crippen LogP contribution in [0.25, 0.3) is 0 Å². The van der Waals surface area contributed by atoms with Gasteiger partial charge in [-0.05, 0) is 26.6 Å². The molecule has 0 amide bonds. The molecule has 0 N–H and O–H groups in total. The summed E-state index contributed by atoms with van der Waals surface area (Å²) in [6, 6.07) is 2.10. The molecule has 5 heteroatoms. The van der Waals surface area contributed by atoms with E-state index >= 15 is 0 Å². The van der Waals surface area contributed by atoms with Gasteiger partial charge in [0, 0.05) is 14.2 Å². The van der Waals surface area contributed by atoms with E-state index < -0.39 is 20.2 Å². The monoisotopic (exact) mass is 217 g/mol. The lowest BCUT2D eigenvalue weighted by molar-refractivity contribution is -0.179. The van der Waals surface area contributed by atoms with Gasteiger partial charge in [-0.25, -0.2) is 0 Å². The molecule has 1 atom stereocenters. The standard InChI is InChI=1S/C9H19NO3Si/c1-9(7-10,8(11-2)12-3)13-14(4,5)6/h8H,1-6H3/t9-/m1/s1. The van der Waals surface area contributed by atoms with Crippen LogP contribution in [-0.2, 0) is 13.9 Å². The minimum absolute atomic E-state index is 0.653. The summed E-state index contributed by atoms with van der Waals surface area (Å²) in [7, 11) is 1.20. The van der Waals surface area contributed by atoms with Crippen LogP contribution in [0, 0.1) is 11.3 Å². The van der Waals surface area contributed by atoms with Gasteiger partial charge < -0.3 is 13.9 Å². The maximum atomic E-state index is 9.07. The zero-order chi connectivity index (χ0) is 11.4. The van der Waals surface area contributed by atoms with E-state index in [9.17, 15) is 0 Å². The van der Waals surface area contributed by atoms with Crippen molar-refractivity contribution >= 4 is 8.32 Å². The zero-order valence-electron chi connectivity index (χ0n) is 9.75. The van der Waals surface area contributed by atoms with Crippen LogP contribution < -0.4 is 0 Å². The Hall–Kier alpha value is -0.413. The Morgan fingerprint density at radius 1 is 1.21 bits per heavy atom. The van der Waals surface area contributed by atoms with Crippen LogP contribution >= 0.6 is 0 Å². The molecular weight excluding hydrogens is 198 g/mol. The van der Waals surface area contributed by atoms with Gasteiger partial charge in [-0.3, -0.25) is 0 Å². The first-order valence-electron chi connectivity index (χ1n) is 4.46. The molecule has 0 bridgehead atoms. The Kier molecular flexibility index (Phi) is 4.75. The molecule has 0 aromatic carbocycles. The molecule has 0 aromatic rings. The third-order valence-corrected chi connectivity index (χ3v) is 2.65. The Balaban J connectivity index is 4.72. The molecule has 0 aromatic heterocycles. The molecule has 0 saturated carbocycles. The largest absolute Gasteiger partial charge is 0.396 e. The highest BCUT2D eigenvalue weighted by Crippen LogP contribution is 2.23. The molecule has 0 spiro atoms. The number of hydrogen-bond acceptors (Lipinski definition) is 4. The van der Waals surface area contributed by atoms with Crippen molar-refractivity contribution in [1.29, 1.82) is 5.26 Å². The van der Waals surface area contributed by atoms with E-state index in [-0.39, 0.29) is 0 Å². The van der Waals surface area contributed by atoms with Crippen LogP contribution in [0.1, 0.15) is 6.92 Å². The van der Waals surface area contributed by atoms with Gasteiger partial charge in [-0.2, -0.15) is 5.26 Å². The van der Waals surface area contributed by atoms with Crippen LogP contribution in [0.4, 0.5) is 0 Å². The Morgan fingerprint density at radius 3 is 1.86 bits per heavy atom. The summed E-state index contributed by atoms with van der Waals surface area (Å²) >= 11 is 0. The third kappa shape index (κ3) is 3.76. The van der Waals surface area contributed by atoms with Crippen LogP contribution in [0.2, 0.25) is 19.6 Å². The third-order valence-electron chi connectivity index (χ3n) is 1.62. The first-order chi connectivity index (χ1) is 6.29. The highest BCUT2D eigenvalue weighted by Gasteiger charge is 2.40. The van der Waals surface area contributed by atoms with E-state index in [1.54, 1.807) is 6.92 Å². The second-order valence-electron chi connectivity index (χ2n) is 4.24. The molecular formula is C9H19NO3Si. The van der Waals surface area contributed by atoms with Crippen molar-refractivity contribution in [2.75, 3.05) is 14.2 Å². The fraction of sp³-hybridized carbons (Fsp3) is 0.889. The van der Waals surface area contributed by atoms with E-state index in [0.717, 1.165) is 0 Å². The maximum Gasteiger partial charge on any atom is 0.198 e. The zero-order valence-corrected chi connectivity index (χ0v) is 10.7. The van der Waals surface area contributed by atoms with Crippen molar-refractivity contribution < 1.29 is 13.9 Å². The molecule has 0 aliphatic carbocycles. The molecule has 0 fully saturated rings. The van der Waals surface area contributed by atoms with E-state index in [4.69, 9.17) is 19.2 Å². The first kappa shape index (κ1) is 13.6. The summed E-state index contributed by atoms with van der Waals surface area (Å²) in [5.74, 6) is 0. The van der Waals surface area contributed by atoms with Gasteiger partial charge >= 0.3 is 0 Å². The van der Waals surface area contributed by atoms with Crippen LogP contribution in [0.15, 0.2) is 0 Å². The minimum Gasteiger partial charge on any atom is -0.396 e. The first-order valence-corrected chi connectivity index (χ1v) is 7.87. The Bertz CT molecular complexity index is 217. The smallest absolute Gasteiger partial charge is 0.198 e. The number of hydrogen-bond donors (Lipinski definition) is 0. The Labute approximate surface area is 86.9 Å². The molecule has 14 heavy (non-hydrogen) atoms. The molecule has 0 aliphatic heterocycles. The second-order valence-corrected chi connectivity index (χ2v) is 8.67. The topological polar surface area (TPSA) is 51.5 Å². The molecule has 0 heterocycles. The van der Waals surface area contributed by atoms with Gasteiger partial charge in [-0.1, -0.05) is 0 Å². The maximum absolute atomic E-state index is 9.07. The molecule has 0 unspecified atom stereocenters. The molecule has 0 aliphatic rings. The number of nitrogens with zero attached hydrogens (tertiary/aromatic N) is 1. The Morgan fingerprint density at radius 2 is 1.64 bits per heavy atom. The van der Waals surface area contributed by atoms with Gasteiger partial charge in [0.25, 0.3) is 0 Å². The van der Waals surface area contributed by atoms with Crippen molar-refractivity contribution in [2.45, 2.75) is 38.5 Å². The summed E-state index contributed by atoms with van der Waals surface area (Å²) in [6.07, 6.45) is -0.653. The lowest BCUT2D eigenvalue weighted by Crippen LogP contribution is -2.49.